The summed E-state index contributed by atoms with van der Waals surface area (Å²) in [5, 5.41) is 3.47. The van der Waals surface area contributed by atoms with Gasteiger partial charge < -0.3 is 15.0 Å². The molecule has 1 aromatic carbocycles. The Morgan fingerprint density at radius 3 is 2.33 bits per heavy atom. The highest BCUT2D eigenvalue weighted by Crippen LogP contribution is 2.14. The molecular weight excluding hydrogens is 260 g/mol. The summed E-state index contributed by atoms with van der Waals surface area (Å²) in [4.78, 5) is 2.20. The topological polar surface area (TPSA) is 24.5 Å². The first-order valence-electron chi connectivity index (χ1n) is 7.88. The van der Waals surface area contributed by atoms with E-state index in [2.05, 4.69) is 76.3 Å². The zero-order valence-corrected chi connectivity index (χ0v) is 14.6. The van der Waals surface area contributed by atoms with Crippen LogP contribution in [0.5, 0.6) is 0 Å². The molecule has 0 fully saturated rings. The van der Waals surface area contributed by atoms with Crippen LogP contribution in [0.15, 0.2) is 24.3 Å². The molecule has 120 valence electrons. The minimum absolute atomic E-state index is 0.0636. The van der Waals surface area contributed by atoms with Crippen molar-refractivity contribution in [1.29, 1.82) is 0 Å². The van der Waals surface area contributed by atoms with Gasteiger partial charge in [0.15, 0.2) is 0 Å². The summed E-state index contributed by atoms with van der Waals surface area (Å²) in [6.07, 6.45) is 1.05. The second-order valence-corrected chi connectivity index (χ2v) is 6.83. The first-order valence-corrected chi connectivity index (χ1v) is 7.88. The number of nitrogens with zero attached hydrogens (tertiary/aromatic N) is 1. The highest BCUT2D eigenvalue weighted by Gasteiger charge is 2.20. The van der Waals surface area contributed by atoms with Crippen molar-refractivity contribution in [1.82, 2.24) is 10.2 Å². The van der Waals surface area contributed by atoms with Crippen LogP contribution in [0, 0.1) is 0 Å². The SMILES string of the molecule is CC(C)NCCc1ccccc1COCC(C)(C)N(C)C. The molecular formula is C18H32N2O. The highest BCUT2D eigenvalue weighted by molar-refractivity contribution is 5.26. The Balaban J connectivity index is 2.51. The van der Waals surface area contributed by atoms with Gasteiger partial charge in [0.25, 0.3) is 0 Å². The van der Waals surface area contributed by atoms with Crippen LogP contribution < -0.4 is 5.32 Å². The van der Waals surface area contributed by atoms with Gasteiger partial charge >= 0.3 is 0 Å². The smallest absolute Gasteiger partial charge is 0.0720 e. The number of hydrogen-bond acceptors (Lipinski definition) is 3. The van der Waals surface area contributed by atoms with Crippen LogP contribution in [0.25, 0.3) is 0 Å². The van der Waals surface area contributed by atoms with Gasteiger partial charge in [-0.2, -0.15) is 0 Å². The minimum atomic E-state index is 0.0636. The molecule has 0 aromatic heterocycles. The number of benzene rings is 1. The second-order valence-electron chi connectivity index (χ2n) is 6.83. The second kappa shape index (κ2) is 8.52. The lowest BCUT2D eigenvalue weighted by atomic mass is 10.0. The van der Waals surface area contributed by atoms with Crippen LogP contribution in [-0.2, 0) is 17.8 Å². The van der Waals surface area contributed by atoms with Crippen LogP contribution in [0.1, 0.15) is 38.8 Å². The zero-order chi connectivity index (χ0) is 15.9. The number of ether oxygens (including phenoxy) is 1. The molecule has 0 spiro atoms. The van der Waals surface area contributed by atoms with E-state index >= 15 is 0 Å². The van der Waals surface area contributed by atoms with E-state index in [1.165, 1.54) is 11.1 Å². The van der Waals surface area contributed by atoms with Crippen LogP contribution >= 0.6 is 0 Å². The molecule has 0 unspecified atom stereocenters. The Morgan fingerprint density at radius 1 is 1.14 bits per heavy atom. The van der Waals surface area contributed by atoms with Gasteiger partial charge in [-0.15, -0.1) is 0 Å². The molecule has 0 amide bonds. The molecule has 0 aliphatic rings. The number of nitrogens with one attached hydrogen (secondary N) is 1. The van der Waals surface area contributed by atoms with Crippen molar-refractivity contribution < 1.29 is 4.74 Å². The third-order valence-electron chi connectivity index (χ3n) is 3.99. The molecule has 1 aromatic rings. The first-order chi connectivity index (χ1) is 9.83. The summed E-state index contributed by atoms with van der Waals surface area (Å²) in [7, 11) is 4.18. The normalized spacial score (nSPS) is 12.4. The average Bonchev–Trinajstić information content (AvgIpc) is 2.39. The van der Waals surface area contributed by atoms with Crippen molar-refractivity contribution in [3.8, 4) is 0 Å². The third kappa shape index (κ3) is 6.60. The molecule has 3 nitrogen and oxygen atoms in total. The first kappa shape index (κ1) is 18.1. The summed E-state index contributed by atoms with van der Waals surface area (Å²) < 4.78 is 5.95. The lowest BCUT2D eigenvalue weighted by molar-refractivity contribution is 0.0272. The summed E-state index contributed by atoms with van der Waals surface area (Å²) in [5.74, 6) is 0. The van der Waals surface area contributed by atoms with E-state index in [1.54, 1.807) is 0 Å². The van der Waals surface area contributed by atoms with E-state index in [9.17, 15) is 0 Å². The van der Waals surface area contributed by atoms with Crippen molar-refractivity contribution in [2.24, 2.45) is 0 Å². The molecule has 0 bridgehead atoms. The summed E-state index contributed by atoms with van der Waals surface area (Å²) in [5.41, 5.74) is 2.75. The maximum absolute atomic E-state index is 5.95. The van der Waals surface area contributed by atoms with Gasteiger partial charge in [-0.05, 0) is 52.0 Å². The molecule has 0 saturated carbocycles. The fourth-order valence-corrected chi connectivity index (χ4v) is 1.98. The van der Waals surface area contributed by atoms with Crippen molar-refractivity contribution in [2.45, 2.75) is 52.3 Å². The molecule has 0 aliphatic carbocycles. The molecule has 3 heteroatoms. The Kier molecular flexibility index (Phi) is 7.36. The van der Waals surface area contributed by atoms with Gasteiger partial charge in [0.2, 0.25) is 0 Å². The number of likely N-dealkylation sites (N-methyl/N-ethyl adjacent to an activating group) is 1. The largest absolute Gasteiger partial charge is 0.375 e. The Labute approximate surface area is 130 Å². The predicted octanol–water partition coefficient (Wildman–Crippen LogP) is 3.08. The van der Waals surface area contributed by atoms with Crippen molar-refractivity contribution in [2.75, 3.05) is 27.2 Å². The van der Waals surface area contributed by atoms with Crippen LogP contribution in [0.2, 0.25) is 0 Å². The van der Waals surface area contributed by atoms with E-state index in [4.69, 9.17) is 4.74 Å². The lowest BCUT2D eigenvalue weighted by Crippen LogP contribution is -2.42. The molecule has 0 heterocycles. The van der Waals surface area contributed by atoms with Crippen molar-refractivity contribution >= 4 is 0 Å². The molecule has 0 aliphatic heterocycles. The van der Waals surface area contributed by atoms with Gasteiger partial charge in [-0.25, -0.2) is 0 Å². The summed E-state index contributed by atoms with van der Waals surface area (Å²) >= 11 is 0. The van der Waals surface area contributed by atoms with E-state index < -0.39 is 0 Å². The molecule has 1 N–H and O–H groups in total. The van der Waals surface area contributed by atoms with Gasteiger partial charge in [-0.1, -0.05) is 38.1 Å². The van der Waals surface area contributed by atoms with E-state index in [-0.39, 0.29) is 5.54 Å². The quantitative estimate of drug-likeness (QED) is 0.757. The molecule has 0 atom stereocenters. The lowest BCUT2D eigenvalue weighted by Gasteiger charge is -2.32. The number of hydrogen-bond donors (Lipinski definition) is 1. The molecule has 1 rings (SSSR count). The molecule has 0 radical (unpaired) electrons. The zero-order valence-electron chi connectivity index (χ0n) is 14.6. The summed E-state index contributed by atoms with van der Waals surface area (Å²) in [6.45, 7) is 11.2. The Hall–Kier alpha value is -0.900. The minimum Gasteiger partial charge on any atom is -0.375 e. The average molecular weight is 292 g/mol. The maximum atomic E-state index is 5.95. The maximum Gasteiger partial charge on any atom is 0.0720 e. The van der Waals surface area contributed by atoms with E-state index in [1.807, 2.05) is 0 Å². The van der Waals surface area contributed by atoms with Crippen molar-refractivity contribution in [3.05, 3.63) is 35.4 Å². The molecule has 21 heavy (non-hydrogen) atoms. The van der Waals surface area contributed by atoms with Crippen LogP contribution in [0.3, 0.4) is 0 Å². The van der Waals surface area contributed by atoms with E-state index in [0.29, 0.717) is 12.6 Å². The van der Waals surface area contributed by atoms with Crippen LogP contribution in [0.4, 0.5) is 0 Å². The Morgan fingerprint density at radius 2 is 1.76 bits per heavy atom. The van der Waals surface area contributed by atoms with Gasteiger partial charge in [0, 0.05) is 11.6 Å². The fraction of sp³-hybridized carbons (Fsp3) is 0.667. The van der Waals surface area contributed by atoms with Gasteiger partial charge in [0.05, 0.1) is 13.2 Å². The van der Waals surface area contributed by atoms with E-state index in [0.717, 1.165) is 19.6 Å². The predicted molar refractivity (Wildman–Crippen MR) is 90.7 cm³/mol. The molecule has 0 saturated heterocycles. The Bertz CT molecular complexity index is 413. The fourth-order valence-electron chi connectivity index (χ4n) is 1.98. The monoisotopic (exact) mass is 292 g/mol. The standard InChI is InChI=1S/C18H32N2O/c1-15(2)19-12-11-16-9-7-8-10-17(16)13-21-14-18(3,4)20(5)6/h7-10,15,19H,11-14H2,1-6H3. The number of rotatable bonds is 9. The third-order valence-corrected chi connectivity index (χ3v) is 3.99. The highest BCUT2D eigenvalue weighted by atomic mass is 16.5. The summed E-state index contributed by atoms with van der Waals surface area (Å²) in [6, 6.07) is 9.12. The van der Waals surface area contributed by atoms with Crippen molar-refractivity contribution in [3.63, 3.8) is 0 Å². The van der Waals surface area contributed by atoms with Crippen LogP contribution in [-0.4, -0.2) is 43.7 Å². The van der Waals surface area contributed by atoms with Gasteiger partial charge in [0.1, 0.15) is 0 Å². The van der Waals surface area contributed by atoms with Gasteiger partial charge in [-0.3, -0.25) is 0 Å².